The van der Waals surface area contributed by atoms with Crippen LogP contribution in [0.15, 0.2) is 48.5 Å². The van der Waals surface area contributed by atoms with Crippen LogP contribution in [0, 0.1) is 5.92 Å². The van der Waals surface area contributed by atoms with Gasteiger partial charge in [0.15, 0.2) is 0 Å². The molecule has 0 radical (unpaired) electrons. The number of hydrogen-bond acceptors (Lipinski definition) is 3. The van der Waals surface area contributed by atoms with E-state index in [0.29, 0.717) is 29.3 Å². The SMILES string of the molecule is O=C(CCC1CCCCC1)Nc1ccc(NC(=O)c2ccccc2)c(O)c1. The van der Waals surface area contributed by atoms with Gasteiger partial charge in [-0.15, -0.1) is 0 Å². The minimum absolute atomic E-state index is 0.0407. The van der Waals surface area contributed by atoms with E-state index in [-0.39, 0.29) is 17.6 Å². The predicted octanol–water partition coefficient (Wildman–Crippen LogP) is 4.94. The predicted molar refractivity (Wildman–Crippen MR) is 107 cm³/mol. The van der Waals surface area contributed by atoms with Gasteiger partial charge in [-0.3, -0.25) is 9.59 Å². The first-order valence-electron chi connectivity index (χ1n) is 9.61. The summed E-state index contributed by atoms with van der Waals surface area (Å²) in [6.45, 7) is 0. The highest BCUT2D eigenvalue weighted by Crippen LogP contribution is 2.29. The standard InChI is InChI=1S/C22H26N2O3/c25-20-15-18(23-21(26)14-11-16-7-3-1-4-8-16)12-13-19(20)24-22(27)17-9-5-2-6-10-17/h2,5-6,9-10,12-13,15-16,25H,1,3-4,7-8,11,14H2,(H,23,26)(H,24,27). The molecule has 0 heterocycles. The van der Waals surface area contributed by atoms with Crippen molar-refractivity contribution < 1.29 is 14.7 Å². The number of carbonyl (C=O) groups is 2. The highest BCUT2D eigenvalue weighted by atomic mass is 16.3. The zero-order chi connectivity index (χ0) is 19.1. The number of carbonyl (C=O) groups excluding carboxylic acids is 2. The second-order valence-corrected chi connectivity index (χ2v) is 7.14. The maximum Gasteiger partial charge on any atom is 0.255 e. The van der Waals surface area contributed by atoms with E-state index in [1.54, 1.807) is 36.4 Å². The van der Waals surface area contributed by atoms with E-state index in [9.17, 15) is 14.7 Å². The van der Waals surface area contributed by atoms with Crippen LogP contribution in [0.4, 0.5) is 11.4 Å². The molecule has 3 rings (SSSR count). The van der Waals surface area contributed by atoms with E-state index in [4.69, 9.17) is 0 Å². The maximum atomic E-state index is 12.2. The average Bonchev–Trinajstić information content (AvgIpc) is 2.70. The largest absolute Gasteiger partial charge is 0.506 e. The summed E-state index contributed by atoms with van der Waals surface area (Å²) in [5, 5.41) is 15.7. The van der Waals surface area contributed by atoms with E-state index >= 15 is 0 Å². The van der Waals surface area contributed by atoms with Gasteiger partial charge in [0.25, 0.3) is 5.91 Å². The zero-order valence-electron chi connectivity index (χ0n) is 15.4. The second-order valence-electron chi connectivity index (χ2n) is 7.14. The Morgan fingerprint density at radius 1 is 0.963 bits per heavy atom. The molecule has 2 amide bonds. The van der Waals surface area contributed by atoms with Gasteiger partial charge in [0.2, 0.25) is 5.91 Å². The molecule has 0 atom stereocenters. The minimum atomic E-state index is -0.296. The Labute approximate surface area is 159 Å². The molecule has 0 unspecified atom stereocenters. The molecule has 0 saturated heterocycles. The van der Waals surface area contributed by atoms with Crippen LogP contribution in [-0.4, -0.2) is 16.9 Å². The van der Waals surface area contributed by atoms with Crippen molar-refractivity contribution in [3.05, 3.63) is 54.1 Å². The first-order chi connectivity index (χ1) is 13.1. The van der Waals surface area contributed by atoms with Gasteiger partial charge < -0.3 is 15.7 Å². The van der Waals surface area contributed by atoms with Crippen LogP contribution < -0.4 is 10.6 Å². The Morgan fingerprint density at radius 3 is 2.41 bits per heavy atom. The van der Waals surface area contributed by atoms with Gasteiger partial charge in [0.05, 0.1) is 5.69 Å². The molecule has 2 aromatic rings. The summed E-state index contributed by atoms with van der Waals surface area (Å²) < 4.78 is 0. The van der Waals surface area contributed by atoms with Crippen LogP contribution >= 0.6 is 0 Å². The van der Waals surface area contributed by atoms with Crippen LogP contribution in [0.1, 0.15) is 55.3 Å². The molecule has 27 heavy (non-hydrogen) atoms. The van der Waals surface area contributed by atoms with Gasteiger partial charge in [-0.05, 0) is 36.6 Å². The number of amides is 2. The van der Waals surface area contributed by atoms with Crippen LogP contribution in [0.25, 0.3) is 0 Å². The molecule has 5 heteroatoms. The number of rotatable bonds is 6. The number of hydrogen-bond donors (Lipinski definition) is 3. The van der Waals surface area contributed by atoms with Crippen molar-refractivity contribution >= 4 is 23.2 Å². The molecule has 1 saturated carbocycles. The number of nitrogens with one attached hydrogen (secondary N) is 2. The number of benzene rings is 2. The molecule has 0 aliphatic heterocycles. The van der Waals surface area contributed by atoms with Crippen molar-refractivity contribution in [3.63, 3.8) is 0 Å². The fourth-order valence-electron chi connectivity index (χ4n) is 3.53. The van der Waals surface area contributed by atoms with Gasteiger partial charge in [-0.2, -0.15) is 0 Å². The normalized spacial score (nSPS) is 14.5. The van der Waals surface area contributed by atoms with E-state index in [0.717, 1.165) is 6.42 Å². The van der Waals surface area contributed by atoms with Gasteiger partial charge in [0.1, 0.15) is 5.75 Å². The molecule has 0 spiro atoms. The summed E-state index contributed by atoms with van der Waals surface area (Å²) in [5.74, 6) is 0.244. The molecule has 5 nitrogen and oxygen atoms in total. The molecule has 1 aliphatic carbocycles. The molecule has 1 fully saturated rings. The lowest BCUT2D eigenvalue weighted by molar-refractivity contribution is -0.116. The van der Waals surface area contributed by atoms with E-state index in [2.05, 4.69) is 10.6 Å². The highest BCUT2D eigenvalue weighted by molar-refractivity contribution is 6.05. The molecule has 142 valence electrons. The quantitative estimate of drug-likeness (QED) is 0.633. The number of phenols is 1. The lowest BCUT2D eigenvalue weighted by atomic mass is 9.86. The topological polar surface area (TPSA) is 78.4 Å². The molecule has 3 N–H and O–H groups in total. The van der Waals surface area contributed by atoms with E-state index in [1.165, 1.54) is 38.2 Å². The van der Waals surface area contributed by atoms with Crippen molar-refractivity contribution in [2.45, 2.75) is 44.9 Å². The molecule has 0 aromatic heterocycles. The van der Waals surface area contributed by atoms with Crippen LogP contribution in [0.2, 0.25) is 0 Å². The molecular weight excluding hydrogens is 340 g/mol. The fraction of sp³-hybridized carbons (Fsp3) is 0.364. The van der Waals surface area contributed by atoms with Crippen LogP contribution in [0.3, 0.4) is 0 Å². The van der Waals surface area contributed by atoms with Crippen molar-refractivity contribution in [3.8, 4) is 5.75 Å². The van der Waals surface area contributed by atoms with Gasteiger partial charge >= 0.3 is 0 Å². The number of anilines is 2. The van der Waals surface area contributed by atoms with Crippen molar-refractivity contribution in [2.75, 3.05) is 10.6 Å². The monoisotopic (exact) mass is 366 g/mol. The van der Waals surface area contributed by atoms with E-state index < -0.39 is 0 Å². The lowest BCUT2D eigenvalue weighted by Crippen LogP contribution is -2.15. The Hall–Kier alpha value is -2.82. The minimum Gasteiger partial charge on any atom is -0.506 e. The summed E-state index contributed by atoms with van der Waals surface area (Å²) in [4.78, 5) is 24.3. The van der Waals surface area contributed by atoms with Crippen molar-refractivity contribution in [2.24, 2.45) is 5.92 Å². The zero-order valence-corrected chi connectivity index (χ0v) is 15.4. The molecule has 1 aliphatic rings. The maximum absolute atomic E-state index is 12.2. The van der Waals surface area contributed by atoms with Gasteiger partial charge in [-0.1, -0.05) is 50.3 Å². The number of phenolic OH excluding ortho intramolecular Hbond substituents is 1. The third kappa shape index (κ3) is 5.58. The Balaban J connectivity index is 1.53. The Kier molecular flexibility index (Phi) is 6.47. The molecule has 2 aromatic carbocycles. The Bertz CT molecular complexity index is 783. The van der Waals surface area contributed by atoms with Gasteiger partial charge in [-0.25, -0.2) is 0 Å². The number of aromatic hydroxyl groups is 1. The van der Waals surface area contributed by atoms with Crippen LogP contribution in [0.5, 0.6) is 5.75 Å². The average molecular weight is 366 g/mol. The summed E-state index contributed by atoms with van der Waals surface area (Å²) >= 11 is 0. The van der Waals surface area contributed by atoms with E-state index in [1.807, 2.05) is 6.07 Å². The molecular formula is C22H26N2O3. The third-order valence-corrected chi connectivity index (χ3v) is 5.07. The first kappa shape index (κ1) is 19.0. The van der Waals surface area contributed by atoms with Crippen LogP contribution in [-0.2, 0) is 4.79 Å². The van der Waals surface area contributed by atoms with Gasteiger partial charge in [0, 0.05) is 23.7 Å². The molecule has 0 bridgehead atoms. The first-order valence-corrected chi connectivity index (χ1v) is 9.61. The lowest BCUT2D eigenvalue weighted by Gasteiger charge is -2.21. The summed E-state index contributed by atoms with van der Waals surface area (Å²) in [7, 11) is 0. The van der Waals surface area contributed by atoms with Crippen molar-refractivity contribution in [1.82, 2.24) is 0 Å². The fourth-order valence-corrected chi connectivity index (χ4v) is 3.53. The third-order valence-electron chi connectivity index (χ3n) is 5.07. The summed E-state index contributed by atoms with van der Waals surface area (Å²) in [6.07, 6.45) is 7.73. The smallest absolute Gasteiger partial charge is 0.255 e. The Morgan fingerprint density at radius 2 is 1.70 bits per heavy atom. The highest BCUT2D eigenvalue weighted by Gasteiger charge is 2.15. The van der Waals surface area contributed by atoms with Crippen molar-refractivity contribution in [1.29, 1.82) is 0 Å². The summed E-state index contributed by atoms with van der Waals surface area (Å²) in [6, 6.07) is 13.5. The summed E-state index contributed by atoms with van der Waals surface area (Å²) in [5.41, 5.74) is 1.35. The second kappa shape index (κ2) is 9.21.